The molecule has 9 heavy (non-hydrogen) atoms. The summed E-state index contributed by atoms with van der Waals surface area (Å²) in [6, 6.07) is 0. The highest BCUT2D eigenvalue weighted by molar-refractivity contribution is 5.86. The summed E-state index contributed by atoms with van der Waals surface area (Å²) in [4.78, 5) is 8.58. The number of aliphatic imine (C=N–C) groups is 1. The van der Waals surface area contributed by atoms with E-state index in [9.17, 15) is 0 Å². The molecule has 0 amide bonds. The van der Waals surface area contributed by atoms with E-state index < -0.39 is 0 Å². The molecule has 0 atom stereocenters. The lowest BCUT2D eigenvalue weighted by atomic mass is 10.7. The van der Waals surface area contributed by atoms with Crippen LogP contribution in [0.25, 0.3) is 0 Å². The molecule has 0 radical (unpaired) electrons. The van der Waals surface area contributed by atoms with Crippen LogP contribution in [-0.4, -0.2) is 18.7 Å². The largest absolute Gasteiger partial charge is 0.395 e. The SMILES string of the molecule is CC=N/C(C)=N\OCC. The maximum Gasteiger partial charge on any atom is 0.164 e. The van der Waals surface area contributed by atoms with Crippen molar-refractivity contribution in [3.05, 3.63) is 0 Å². The summed E-state index contributed by atoms with van der Waals surface area (Å²) >= 11 is 0. The second-order valence-electron chi connectivity index (χ2n) is 1.44. The molecule has 0 aromatic carbocycles. The topological polar surface area (TPSA) is 34.0 Å². The number of rotatable bonds is 2. The van der Waals surface area contributed by atoms with Gasteiger partial charge >= 0.3 is 0 Å². The summed E-state index contributed by atoms with van der Waals surface area (Å²) in [5.74, 6) is 0.652. The van der Waals surface area contributed by atoms with Crippen molar-refractivity contribution in [2.75, 3.05) is 6.61 Å². The molecule has 0 aromatic heterocycles. The van der Waals surface area contributed by atoms with Crippen molar-refractivity contribution in [3.8, 4) is 0 Å². The number of hydrogen-bond acceptors (Lipinski definition) is 2. The van der Waals surface area contributed by atoms with Gasteiger partial charge in [-0.2, -0.15) is 0 Å². The minimum absolute atomic E-state index is 0.594. The van der Waals surface area contributed by atoms with Gasteiger partial charge in [-0.05, 0) is 20.8 Å². The van der Waals surface area contributed by atoms with Crippen LogP contribution in [0, 0.1) is 0 Å². The molecule has 0 fully saturated rings. The normalized spacial score (nSPS) is 12.6. The predicted octanol–water partition coefficient (Wildman–Crippen LogP) is 1.45. The maximum absolute atomic E-state index is 4.72. The average molecular weight is 128 g/mol. The van der Waals surface area contributed by atoms with E-state index in [1.54, 1.807) is 13.1 Å². The summed E-state index contributed by atoms with van der Waals surface area (Å²) in [5, 5.41) is 3.65. The molecule has 0 spiro atoms. The highest BCUT2D eigenvalue weighted by Gasteiger charge is 1.80. The van der Waals surface area contributed by atoms with Crippen LogP contribution < -0.4 is 0 Å². The van der Waals surface area contributed by atoms with Gasteiger partial charge in [0.15, 0.2) is 5.84 Å². The lowest BCUT2D eigenvalue weighted by molar-refractivity contribution is 0.158. The standard InChI is InChI=1S/C6H12N2O/c1-4-7-6(3)8-9-5-2/h4H,5H2,1-3H3/b7-4?,8-6-. The van der Waals surface area contributed by atoms with Gasteiger partial charge in [0.2, 0.25) is 0 Å². The molecular weight excluding hydrogens is 116 g/mol. The minimum atomic E-state index is 0.594. The average Bonchev–Trinajstić information content (AvgIpc) is 1.85. The minimum Gasteiger partial charge on any atom is -0.395 e. The Morgan fingerprint density at radius 3 is 2.78 bits per heavy atom. The van der Waals surface area contributed by atoms with Crippen LogP contribution in [0.3, 0.4) is 0 Å². The third-order valence-corrected chi connectivity index (χ3v) is 0.642. The Bertz CT molecular complexity index is 118. The summed E-state index contributed by atoms with van der Waals surface area (Å²) in [5.41, 5.74) is 0. The van der Waals surface area contributed by atoms with Crippen molar-refractivity contribution in [3.63, 3.8) is 0 Å². The molecule has 0 bridgehead atoms. The van der Waals surface area contributed by atoms with E-state index >= 15 is 0 Å². The van der Waals surface area contributed by atoms with Gasteiger partial charge in [0.05, 0.1) is 0 Å². The Kier molecular flexibility index (Phi) is 4.78. The quantitative estimate of drug-likeness (QED) is 0.315. The third kappa shape index (κ3) is 5.00. The van der Waals surface area contributed by atoms with E-state index in [2.05, 4.69) is 10.1 Å². The number of oxime groups is 1. The summed E-state index contributed by atoms with van der Waals surface area (Å²) in [6.07, 6.45) is 1.68. The Morgan fingerprint density at radius 1 is 1.67 bits per heavy atom. The summed E-state index contributed by atoms with van der Waals surface area (Å²) in [7, 11) is 0. The van der Waals surface area contributed by atoms with Gasteiger partial charge in [-0.25, -0.2) is 4.99 Å². The van der Waals surface area contributed by atoms with Gasteiger partial charge in [0.25, 0.3) is 0 Å². The first kappa shape index (κ1) is 8.14. The van der Waals surface area contributed by atoms with Gasteiger partial charge in [-0.15, -0.1) is 0 Å². The molecular formula is C6H12N2O. The van der Waals surface area contributed by atoms with Gasteiger partial charge in [-0.3, -0.25) is 0 Å². The smallest absolute Gasteiger partial charge is 0.164 e. The number of amidine groups is 1. The first-order chi connectivity index (χ1) is 4.31. The van der Waals surface area contributed by atoms with Crippen LogP contribution in [0.2, 0.25) is 0 Å². The van der Waals surface area contributed by atoms with Crippen molar-refractivity contribution < 1.29 is 4.84 Å². The van der Waals surface area contributed by atoms with Crippen molar-refractivity contribution in [1.29, 1.82) is 0 Å². The van der Waals surface area contributed by atoms with Gasteiger partial charge < -0.3 is 4.84 Å². The molecule has 0 heterocycles. The van der Waals surface area contributed by atoms with E-state index in [4.69, 9.17) is 4.84 Å². The Balaban J connectivity index is 3.55. The highest BCUT2D eigenvalue weighted by Crippen LogP contribution is 1.80. The lowest BCUT2D eigenvalue weighted by Crippen LogP contribution is -1.88. The Hall–Kier alpha value is -0.860. The van der Waals surface area contributed by atoms with Crippen LogP contribution in [0.15, 0.2) is 10.1 Å². The van der Waals surface area contributed by atoms with Crippen molar-refractivity contribution in [2.24, 2.45) is 10.1 Å². The molecule has 0 aromatic rings. The van der Waals surface area contributed by atoms with E-state index in [1.165, 1.54) is 0 Å². The maximum atomic E-state index is 4.72. The zero-order valence-electron chi connectivity index (χ0n) is 6.09. The fraction of sp³-hybridized carbons (Fsp3) is 0.667. The molecule has 0 rings (SSSR count). The summed E-state index contributed by atoms with van der Waals surface area (Å²) in [6.45, 7) is 6.10. The molecule has 0 aliphatic heterocycles. The fourth-order valence-electron chi connectivity index (χ4n) is 0.368. The first-order valence-electron chi connectivity index (χ1n) is 2.96. The van der Waals surface area contributed by atoms with Crippen molar-refractivity contribution in [1.82, 2.24) is 0 Å². The first-order valence-corrected chi connectivity index (χ1v) is 2.96. The molecule has 0 saturated carbocycles. The Labute approximate surface area is 55.4 Å². The van der Waals surface area contributed by atoms with Gasteiger partial charge in [0, 0.05) is 6.21 Å². The van der Waals surface area contributed by atoms with E-state index in [-0.39, 0.29) is 0 Å². The molecule has 3 nitrogen and oxygen atoms in total. The van der Waals surface area contributed by atoms with Crippen LogP contribution in [0.1, 0.15) is 20.8 Å². The van der Waals surface area contributed by atoms with Crippen LogP contribution in [0.5, 0.6) is 0 Å². The molecule has 0 aliphatic carbocycles. The third-order valence-electron chi connectivity index (χ3n) is 0.642. The van der Waals surface area contributed by atoms with Crippen LogP contribution in [0.4, 0.5) is 0 Å². The van der Waals surface area contributed by atoms with Crippen LogP contribution >= 0.6 is 0 Å². The number of nitrogens with zero attached hydrogens (tertiary/aromatic N) is 2. The van der Waals surface area contributed by atoms with Gasteiger partial charge in [-0.1, -0.05) is 5.16 Å². The molecule has 0 aliphatic rings. The monoisotopic (exact) mass is 128 g/mol. The van der Waals surface area contributed by atoms with Crippen molar-refractivity contribution >= 4 is 12.1 Å². The van der Waals surface area contributed by atoms with E-state index in [0.29, 0.717) is 12.4 Å². The zero-order chi connectivity index (χ0) is 7.11. The number of hydrogen-bond donors (Lipinski definition) is 0. The molecule has 52 valence electrons. The fourth-order valence-corrected chi connectivity index (χ4v) is 0.368. The molecule has 0 N–H and O–H groups in total. The van der Waals surface area contributed by atoms with E-state index in [1.807, 2.05) is 13.8 Å². The molecule has 0 saturated heterocycles. The lowest BCUT2D eigenvalue weighted by Gasteiger charge is -1.91. The highest BCUT2D eigenvalue weighted by atomic mass is 16.6. The van der Waals surface area contributed by atoms with Crippen molar-refractivity contribution in [2.45, 2.75) is 20.8 Å². The molecule has 0 unspecified atom stereocenters. The predicted molar refractivity (Wildman–Crippen MR) is 38.9 cm³/mol. The second-order valence-corrected chi connectivity index (χ2v) is 1.44. The second kappa shape index (κ2) is 5.28. The molecule has 3 heteroatoms. The zero-order valence-corrected chi connectivity index (χ0v) is 6.09. The van der Waals surface area contributed by atoms with Crippen LogP contribution in [-0.2, 0) is 4.84 Å². The summed E-state index contributed by atoms with van der Waals surface area (Å²) < 4.78 is 0. The van der Waals surface area contributed by atoms with Gasteiger partial charge in [0.1, 0.15) is 6.61 Å². The Morgan fingerprint density at radius 2 is 2.33 bits per heavy atom. The van der Waals surface area contributed by atoms with E-state index in [0.717, 1.165) is 0 Å².